The molecular weight excluding hydrogens is 1190 g/mol. The van der Waals surface area contributed by atoms with Gasteiger partial charge in [-0.15, -0.1) is 0 Å². The molecule has 0 aliphatic carbocycles. The van der Waals surface area contributed by atoms with Gasteiger partial charge in [-0.05, 0) is 136 Å². The molecule has 0 fully saturated rings. The zero-order valence-electron chi connectivity index (χ0n) is 55.8. The topological polar surface area (TPSA) is 11.4 Å². The molecular formula is C92H74BN3Si. The van der Waals surface area contributed by atoms with E-state index < -0.39 is 8.07 Å². The molecule has 17 rings (SSSR count). The van der Waals surface area contributed by atoms with Gasteiger partial charge in [0.25, 0.3) is 6.71 Å². The zero-order chi connectivity index (χ0) is 65.6. The minimum Gasteiger partial charge on any atom is -0.310 e. The first kappa shape index (κ1) is 59.5. The Morgan fingerprint density at radius 3 is 1.04 bits per heavy atom. The number of anilines is 6. The summed E-state index contributed by atoms with van der Waals surface area (Å²) >= 11 is 0. The number of hydrogen-bond acceptors (Lipinski definition) is 2. The zero-order valence-corrected chi connectivity index (χ0v) is 56.8. The summed E-state index contributed by atoms with van der Waals surface area (Å²) in [6.45, 7) is 13.7. The highest BCUT2D eigenvalue weighted by molar-refractivity contribution is 7.20. The molecule has 464 valence electrons. The highest BCUT2D eigenvalue weighted by Gasteiger charge is 2.48. The Kier molecular flexibility index (Phi) is 14.5. The maximum absolute atomic E-state index is 3.13. The van der Waals surface area contributed by atoms with Crippen LogP contribution < -0.4 is 46.9 Å². The Morgan fingerprint density at radius 1 is 0.278 bits per heavy atom. The van der Waals surface area contributed by atoms with E-state index in [-0.39, 0.29) is 17.5 Å². The van der Waals surface area contributed by atoms with Gasteiger partial charge in [-0.2, -0.15) is 0 Å². The van der Waals surface area contributed by atoms with Crippen molar-refractivity contribution in [2.75, 3.05) is 9.80 Å². The Balaban J connectivity index is 1.03. The van der Waals surface area contributed by atoms with E-state index >= 15 is 0 Å². The van der Waals surface area contributed by atoms with Crippen molar-refractivity contribution in [2.24, 2.45) is 0 Å². The SMILES string of the molecule is CC(C)(C)c1ccc2c(c1)c1cc(C(C)(C)C)ccc1n2-c1ccc2c(c1)N(c1c(-c3ccccc3)cccc1-c1ccccc1)c1cccc3c1B2c1cc([Si](c2ccccc2)(c2ccccc2)c2ccccc2)ccc1N3c1c(-c2ccccc2)cccc1-c1ccccc1. The monoisotopic (exact) mass is 1260 g/mol. The van der Waals surface area contributed by atoms with Crippen molar-refractivity contribution in [1.29, 1.82) is 0 Å². The number of hydrogen-bond donors (Lipinski definition) is 0. The summed E-state index contributed by atoms with van der Waals surface area (Å²) in [6.07, 6.45) is 0. The van der Waals surface area contributed by atoms with Gasteiger partial charge in [-0.25, -0.2) is 0 Å². The van der Waals surface area contributed by atoms with E-state index in [1.54, 1.807) is 0 Å². The van der Waals surface area contributed by atoms with Crippen molar-refractivity contribution in [3.63, 3.8) is 0 Å². The summed E-state index contributed by atoms with van der Waals surface area (Å²) in [5.74, 6) is 0. The van der Waals surface area contributed by atoms with Crippen LogP contribution in [0.5, 0.6) is 0 Å². The van der Waals surface area contributed by atoms with Crippen LogP contribution in [0.15, 0.2) is 340 Å². The van der Waals surface area contributed by atoms with Crippen molar-refractivity contribution in [3.05, 3.63) is 351 Å². The van der Waals surface area contributed by atoms with Crippen LogP contribution in [-0.2, 0) is 10.8 Å². The third-order valence-electron chi connectivity index (χ3n) is 20.6. The lowest BCUT2D eigenvalue weighted by molar-refractivity contribution is 0.590. The number of para-hydroxylation sites is 2. The fourth-order valence-corrected chi connectivity index (χ4v) is 20.8. The second-order valence-electron chi connectivity index (χ2n) is 28.3. The van der Waals surface area contributed by atoms with Crippen LogP contribution in [0.3, 0.4) is 0 Å². The highest BCUT2D eigenvalue weighted by atomic mass is 28.3. The third kappa shape index (κ3) is 9.85. The van der Waals surface area contributed by atoms with Crippen LogP contribution in [0.1, 0.15) is 52.7 Å². The van der Waals surface area contributed by atoms with E-state index in [0.717, 1.165) is 84.3 Å². The van der Waals surface area contributed by atoms with Gasteiger partial charge in [0.05, 0.1) is 22.4 Å². The number of fused-ring (bicyclic) bond motifs is 7. The van der Waals surface area contributed by atoms with E-state index in [9.17, 15) is 0 Å². The lowest BCUT2D eigenvalue weighted by Gasteiger charge is -2.46. The molecule has 97 heavy (non-hydrogen) atoms. The van der Waals surface area contributed by atoms with Gasteiger partial charge < -0.3 is 14.4 Å². The average Bonchev–Trinajstić information content (AvgIpc) is 1.02. The summed E-state index contributed by atoms with van der Waals surface area (Å²) in [7, 11) is -3.13. The molecule has 3 nitrogen and oxygen atoms in total. The fraction of sp³-hybridized carbons (Fsp3) is 0.0870. The normalized spacial score (nSPS) is 12.8. The van der Waals surface area contributed by atoms with Crippen LogP contribution >= 0.6 is 0 Å². The van der Waals surface area contributed by atoms with Gasteiger partial charge in [0, 0.05) is 61.5 Å². The molecule has 2 aliphatic rings. The number of benzene rings is 14. The molecule has 0 spiro atoms. The van der Waals surface area contributed by atoms with Crippen LogP contribution in [-0.4, -0.2) is 19.4 Å². The lowest BCUT2D eigenvalue weighted by atomic mass is 9.33. The number of rotatable bonds is 11. The quantitative estimate of drug-likeness (QED) is 0.0944. The maximum Gasteiger partial charge on any atom is 0.252 e. The largest absolute Gasteiger partial charge is 0.310 e. The van der Waals surface area contributed by atoms with Gasteiger partial charge in [-0.1, -0.05) is 327 Å². The molecule has 0 unspecified atom stereocenters. The van der Waals surface area contributed by atoms with Crippen LogP contribution in [0, 0.1) is 0 Å². The second-order valence-corrected chi connectivity index (χ2v) is 32.2. The number of nitrogens with zero attached hydrogens (tertiary/aromatic N) is 3. The van der Waals surface area contributed by atoms with Gasteiger partial charge in [0.15, 0.2) is 8.07 Å². The molecule has 0 amide bonds. The van der Waals surface area contributed by atoms with E-state index in [4.69, 9.17) is 0 Å². The summed E-state index contributed by atoms with van der Waals surface area (Å²) < 4.78 is 2.55. The molecule has 0 bridgehead atoms. The molecule has 0 N–H and O–H groups in total. The Bertz CT molecular complexity index is 5180. The molecule has 1 aromatic heterocycles. The number of aromatic nitrogens is 1. The smallest absolute Gasteiger partial charge is 0.252 e. The minimum absolute atomic E-state index is 0.0463. The standard InChI is InChI=1S/C92H74BN3Si/c1-91(2,3)67-51-56-82-78(59-67)79-60-68(92(4,5)6)52-57-83(79)94(82)69-53-55-80-87(61-69)96(90-76(65-35-18-9-19-36-65)47-29-48-77(90)66-37-20-10-21-38-66)86-50-30-49-85-88(86)93(80)81-62-73(97(70-39-22-11-23-40-70,71-41-24-12-25-42-71)72-43-26-13-27-44-72)54-58-84(81)95(85)89-74(63-31-14-7-15-32-63)45-28-46-75(89)64-33-16-8-17-34-64/h7-62H,1-6H3. The molecule has 0 saturated heterocycles. The Morgan fingerprint density at radius 2 is 0.649 bits per heavy atom. The van der Waals surface area contributed by atoms with Gasteiger partial charge in [-0.3, -0.25) is 0 Å². The summed E-state index contributed by atoms with van der Waals surface area (Å²) in [4.78, 5) is 5.33. The summed E-state index contributed by atoms with van der Waals surface area (Å²) in [5.41, 5.74) is 25.8. The van der Waals surface area contributed by atoms with Crippen LogP contribution in [0.4, 0.5) is 34.1 Å². The molecule has 14 aromatic carbocycles. The lowest BCUT2D eigenvalue weighted by Crippen LogP contribution is -2.75. The van der Waals surface area contributed by atoms with E-state index in [1.165, 1.54) is 70.1 Å². The van der Waals surface area contributed by atoms with Gasteiger partial charge >= 0.3 is 0 Å². The van der Waals surface area contributed by atoms with Crippen molar-refractivity contribution in [3.8, 4) is 50.2 Å². The molecule has 0 atom stereocenters. The maximum atomic E-state index is 2.67. The molecule has 5 heteroatoms. The fourth-order valence-electron chi connectivity index (χ4n) is 16.0. The predicted octanol–water partition coefficient (Wildman–Crippen LogP) is 19.5. The van der Waals surface area contributed by atoms with Crippen LogP contribution in [0.2, 0.25) is 0 Å². The molecule has 0 radical (unpaired) electrons. The first-order chi connectivity index (χ1) is 47.4. The summed E-state index contributed by atoms with van der Waals surface area (Å²) in [5, 5.41) is 7.86. The van der Waals surface area contributed by atoms with E-state index in [1.807, 2.05) is 0 Å². The first-order valence-corrected chi connectivity index (χ1v) is 36.2. The van der Waals surface area contributed by atoms with Gasteiger partial charge in [0.1, 0.15) is 0 Å². The Labute approximate surface area is 572 Å². The van der Waals surface area contributed by atoms with Crippen LogP contribution in [0.25, 0.3) is 72.0 Å². The van der Waals surface area contributed by atoms with E-state index in [2.05, 4.69) is 396 Å². The third-order valence-corrected chi connectivity index (χ3v) is 25.4. The molecule has 3 heterocycles. The molecule has 0 saturated carbocycles. The van der Waals surface area contributed by atoms with Gasteiger partial charge in [0.2, 0.25) is 0 Å². The molecule has 15 aromatic rings. The minimum atomic E-state index is -3.13. The predicted molar refractivity (Wildman–Crippen MR) is 418 cm³/mol. The van der Waals surface area contributed by atoms with Crippen molar-refractivity contribution in [1.82, 2.24) is 4.57 Å². The second kappa shape index (κ2) is 23.6. The van der Waals surface area contributed by atoms with Crippen molar-refractivity contribution < 1.29 is 0 Å². The Hall–Kier alpha value is -11.2. The van der Waals surface area contributed by atoms with E-state index in [0.29, 0.717) is 0 Å². The van der Waals surface area contributed by atoms with Crippen molar-refractivity contribution in [2.45, 2.75) is 52.4 Å². The molecule has 2 aliphatic heterocycles. The summed E-state index contributed by atoms with van der Waals surface area (Å²) in [6, 6.07) is 129. The highest BCUT2D eigenvalue weighted by Crippen LogP contribution is 2.53. The van der Waals surface area contributed by atoms with Crippen molar-refractivity contribution >= 4 is 108 Å². The average molecular weight is 1260 g/mol. The first-order valence-electron chi connectivity index (χ1n) is 34.2.